The fourth-order valence-electron chi connectivity index (χ4n) is 2.33. The monoisotopic (exact) mass is 313 g/mol. The van der Waals surface area contributed by atoms with Gasteiger partial charge in [0.2, 0.25) is 10.0 Å². The molecule has 1 unspecified atom stereocenters. The van der Waals surface area contributed by atoms with Crippen molar-refractivity contribution in [2.45, 2.75) is 57.9 Å². The van der Waals surface area contributed by atoms with E-state index in [1.165, 1.54) is 12.3 Å². The third-order valence-corrected chi connectivity index (χ3v) is 5.25. The summed E-state index contributed by atoms with van der Waals surface area (Å²) < 4.78 is 27.7. The Morgan fingerprint density at radius 1 is 1.24 bits per heavy atom. The fourth-order valence-corrected chi connectivity index (χ4v) is 3.66. The van der Waals surface area contributed by atoms with Gasteiger partial charge in [0.25, 0.3) is 0 Å². The molecule has 1 aromatic heterocycles. The minimum atomic E-state index is -3.50. The van der Waals surface area contributed by atoms with Crippen molar-refractivity contribution in [1.29, 1.82) is 0 Å². The zero-order valence-corrected chi connectivity index (χ0v) is 14.2. The van der Waals surface area contributed by atoms with Crippen LogP contribution in [0.3, 0.4) is 0 Å². The standard InChI is InChI=1S/C15H27N3O2S/c1-5-9-16-15-11-14(8-10-17-15)21(19,20)18-12(4)13(6-2)7-3/h8,10-13,18H,5-7,9H2,1-4H3,(H,16,17). The fraction of sp³-hybridized carbons (Fsp3) is 0.667. The van der Waals surface area contributed by atoms with Crippen LogP contribution in [-0.2, 0) is 10.0 Å². The first-order valence-electron chi connectivity index (χ1n) is 7.66. The Morgan fingerprint density at radius 2 is 1.90 bits per heavy atom. The molecule has 0 aliphatic rings. The van der Waals surface area contributed by atoms with E-state index in [1.807, 2.05) is 13.8 Å². The van der Waals surface area contributed by atoms with Gasteiger partial charge < -0.3 is 5.32 Å². The van der Waals surface area contributed by atoms with Crippen LogP contribution in [0.2, 0.25) is 0 Å². The van der Waals surface area contributed by atoms with E-state index >= 15 is 0 Å². The Morgan fingerprint density at radius 3 is 2.48 bits per heavy atom. The average Bonchev–Trinajstić information content (AvgIpc) is 2.46. The van der Waals surface area contributed by atoms with Gasteiger partial charge in [-0.15, -0.1) is 0 Å². The molecule has 0 saturated heterocycles. The van der Waals surface area contributed by atoms with Gasteiger partial charge in [0.05, 0.1) is 4.90 Å². The van der Waals surface area contributed by atoms with E-state index in [2.05, 4.69) is 28.9 Å². The van der Waals surface area contributed by atoms with E-state index in [4.69, 9.17) is 0 Å². The van der Waals surface area contributed by atoms with Gasteiger partial charge in [-0.1, -0.05) is 33.6 Å². The minimum Gasteiger partial charge on any atom is -0.370 e. The van der Waals surface area contributed by atoms with Crippen LogP contribution in [0, 0.1) is 5.92 Å². The molecule has 120 valence electrons. The van der Waals surface area contributed by atoms with E-state index < -0.39 is 10.0 Å². The Hall–Kier alpha value is -1.14. The van der Waals surface area contributed by atoms with Crippen molar-refractivity contribution in [2.24, 2.45) is 5.92 Å². The normalized spacial score (nSPS) is 13.4. The molecule has 0 bridgehead atoms. The van der Waals surface area contributed by atoms with Gasteiger partial charge in [0.1, 0.15) is 5.82 Å². The Kier molecular flexibility index (Phi) is 7.11. The number of hydrogen-bond donors (Lipinski definition) is 2. The number of anilines is 1. The highest BCUT2D eigenvalue weighted by Crippen LogP contribution is 2.17. The van der Waals surface area contributed by atoms with Crippen LogP contribution >= 0.6 is 0 Å². The molecule has 0 aromatic carbocycles. The lowest BCUT2D eigenvalue weighted by Gasteiger charge is -2.22. The van der Waals surface area contributed by atoms with Gasteiger partial charge in [0, 0.05) is 24.8 Å². The summed E-state index contributed by atoms with van der Waals surface area (Å²) in [5, 5.41) is 3.10. The second-order valence-corrected chi connectivity index (χ2v) is 7.00. The molecule has 0 amide bonds. The molecule has 0 aliphatic heterocycles. The number of nitrogens with zero attached hydrogens (tertiary/aromatic N) is 1. The van der Waals surface area contributed by atoms with E-state index in [0.717, 1.165) is 25.8 Å². The lowest BCUT2D eigenvalue weighted by Crippen LogP contribution is -2.37. The molecule has 1 rings (SSSR count). The maximum atomic E-state index is 12.4. The smallest absolute Gasteiger partial charge is 0.241 e. The first-order chi connectivity index (χ1) is 9.94. The van der Waals surface area contributed by atoms with E-state index in [1.54, 1.807) is 6.07 Å². The van der Waals surface area contributed by atoms with Crippen LogP contribution in [0.4, 0.5) is 5.82 Å². The van der Waals surface area contributed by atoms with E-state index in [-0.39, 0.29) is 10.9 Å². The highest BCUT2D eigenvalue weighted by atomic mass is 32.2. The molecule has 5 nitrogen and oxygen atoms in total. The van der Waals surface area contributed by atoms with Crippen molar-refractivity contribution in [3.8, 4) is 0 Å². The van der Waals surface area contributed by atoms with Gasteiger partial charge in [-0.05, 0) is 25.3 Å². The molecular formula is C15H27N3O2S. The molecule has 1 atom stereocenters. The Labute approximate surface area is 128 Å². The van der Waals surface area contributed by atoms with Crippen LogP contribution in [0.5, 0.6) is 0 Å². The summed E-state index contributed by atoms with van der Waals surface area (Å²) in [4.78, 5) is 4.39. The largest absolute Gasteiger partial charge is 0.370 e. The SMILES string of the molecule is CCCNc1cc(S(=O)(=O)NC(C)C(CC)CC)ccn1. The number of hydrogen-bond acceptors (Lipinski definition) is 4. The van der Waals surface area contributed by atoms with Crippen molar-refractivity contribution in [3.05, 3.63) is 18.3 Å². The van der Waals surface area contributed by atoms with Crippen LogP contribution < -0.4 is 10.0 Å². The zero-order chi connectivity index (χ0) is 15.9. The summed E-state index contributed by atoms with van der Waals surface area (Å²) in [7, 11) is -3.50. The molecule has 2 N–H and O–H groups in total. The quantitative estimate of drug-likeness (QED) is 0.735. The van der Waals surface area contributed by atoms with Crippen molar-refractivity contribution < 1.29 is 8.42 Å². The second-order valence-electron chi connectivity index (χ2n) is 5.29. The van der Waals surface area contributed by atoms with Crippen molar-refractivity contribution in [3.63, 3.8) is 0 Å². The summed E-state index contributed by atoms with van der Waals surface area (Å²) in [5.41, 5.74) is 0. The third kappa shape index (κ3) is 5.28. The lowest BCUT2D eigenvalue weighted by atomic mass is 9.96. The van der Waals surface area contributed by atoms with E-state index in [9.17, 15) is 8.42 Å². The molecule has 6 heteroatoms. The lowest BCUT2D eigenvalue weighted by molar-refractivity contribution is 0.390. The number of rotatable bonds is 9. The maximum absolute atomic E-state index is 12.4. The number of sulfonamides is 1. The predicted molar refractivity (Wildman–Crippen MR) is 86.9 cm³/mol. The highest BCUT2D eigenvalue weighted by Gasteiger charge is 2.22. The third-order valence-electron chi connectivity index (χ3n) is 3.69. The molecule has 0 radical (unpaired) electrons. The topological polar surface area (TPSA) is 71.1 Å². The van der Waals surface area contributed by atoms with Gasteiger partial charge in [0.15, 0.2) is 0 Å². The summed E-state index contributed by atoms with van der Waals surface area (Å²) in [5.74, 6) is 0.939. The summed E-state index contributed by atoms with van der Waals surface area (Å²) in [6, 6.07) is 3.03. The van der Waals surface area contributed by atoms with Gasteiger partial charge in [-0.25, -0.2) is 18.1 Å². The average molecular weight is 313 g/mol. The molecule has 0 saturated carbocycles. The van der Waals surface area contributed by atoms with Gasteiger partial charge in [-0.3, -0.25) is 0 Å². The van der Waals surface area contributed by atoms with Crippen LogP contribution in [0.25, 0.3) is 0 Å². The van der Waals surface area contributed by atoms with Crippen molar-refractivity contribution in [1.82, 2.24) is 9.71 Å². The van der Waals surface area contributed by atoms with Gasteiger partial charge in [-0.2, -0.15) is 0 Å². The Balaban J connectivity index is 2.87. The van der Waals surface area contributed by atoms with Crippen LogP contribution in [-0.4, -0.2) is 26.0 Å². The predicted octanol–water partition coefficient (Wildman–Crippen LogP) is 3.01. The number of nitrogens with one attached hydrogen (secondary N) is 2. The first-order valence-corrected chi connectivity index (χ1v) is 9.15. The molecule has 0 aliphatic carbocycles. The molecule has 0 fully saturated rings. The summed E-state index contributed by atoms with van der Waals surface area (Å²) >= 11 is 0. The molecule has 1 aromatic rings. The summed E-state index contributed by atoms with van der Waals surface area (Å²) in [6.45, 7) is 8.91. The molecule has 21 heavy (non-hydrogen) atoms. The van der Waals surface area contributed by atoms with Crippen LogP contribution in [0.15, 0.2) is 23.2 Å². The molecular weight excluding hydrogens is 286 g/mol. The van der Waals surface area contributed by atoms with Crippen molar-refractivity contribution in [2.75, 3.05) is 11.9 Å². The number of aromatic nitrogens is 1. The summed E-state index contributed by atoms with van der Waals surface area (Å²) in [6.07, 6.45) is 4.40. The van der Waals surface area contributed by atoms with Crippen LogP contribution in [0.1, 0.15) is 47.0 Å². The van der Waals surface area contributed by atoms with E-state index in [0.29, 0.717) is 11.7 Å². The Bertz CT molecular complexity index is 527. The zero-order valence-electron chi connectivity index (χ0n) is 13.4. The van der Waals surface area contributed by atoms with Crippen molar-refractivity contribution >= 4 is 15.8 Å². The molecule has 1 heterocycles. The number of pyridine rings is 1. The van der Waals surface area contributed by atoms with Gasteiger partial charge >= 0.3 is 0 Å². The second kappa shape index (κ2) is 8.34. The minimum absolute atomic E-state index is 0.0785. The molecule has 0 spiro atoms. The first kappa shape index (κ1) is 17.9. The maximum Gasteiger partial charge on any atom is 0.241 e. The highest BCUT2D eigenvalue weighted by molar-refractivity contribution is 7.89.